The summed E-state index contributed by atoms with van der Waals surface area (Å²) >= 11 is 0. The van der Waals surface area contributed by atoms with E-state index in [1.807, 2.05) is 25.3 Å². The quantitative estimate of drug-likeness (QED) is 0.796. The molecule has 5 nitrogen and oxygen atoms in total. The van der Waals surface area contributed by atoms with Crippen molar-refractivity contribution in [1.29, 1.82) is 0 Å². The molecule has 0 spiro atoms. The maximum Gasteiger partial charge on any atom is 0.242 e. The maximum absolute atomic E-state index is 11.6. The van der Waals surface area contributed by atoms with Gasteiger partial charge in [-0.15, -0.1) is 0 Å². The van der Waals surface area contributed by atoms with Crippen molar-refractivity contribution in [1.82, 2.24) is 14.9 Å². The van der Waals surface area contributed by atoms with E-state index < -0.39 is 0 Å². The van der Waals surface area contributed by atoms with Crippen LogP contribution in [0.3, 0.4) is 0 Å². The Morgan fingerprint density at radius 2 is 2.12 bits per heavy atom. The van der Waals surface area contributed by atoms with E-state index in [1.54, 1.807) is 19.6 Å². The lowest BCUT2D eigenvalue weighted by Gasteiger charge is -2.21. The molecule has 1 heterocycles. The topological polar surface area (TPSA) is 72.9 Å². The van der Waals surface area contributed by atoms with Gasteiger partial charge in [0.1, 0.15) is 6.04 Å². The fourth-order valence-electron chi connectivity index (χ4n) is 1.57. The van der Waals surface area contributed by atoms with Crippen LogP contribution in [0.5, 0.6) is 0 Å². The molecule has 0 aliphatic rings. The number of nitrogens with zero attached hydrogens (tertiary/aromatic N) is 2. The first-order valence-electron chi connectivity index (χ1n) is 5.48. The number of nitrogens with two attached hydrogens (primary N) is 1. The average molecular weight is 224 g/mol. The minimum atomic E-state index is -0.285. The molecule has 2 unspecified atom stereocenters. The number of likely N-dealkylation sites (N-methyl/N-ethyl adjacent to an activating group) is 1. The molecule has 5 heteroatoms. The van der Waals surface area contributed by atoms with Crippen LogP contribution in [0.1, 0.15) is 38.5 Å². The van der Waals surface area contributed by atoms with Gasteiger partial charge in [0.15, 0.2) is 0 Å². The van der Waals surface area contributed by atoms with E-state index in [0.29, 0.717) is 5.92 Å². The molecule has 90 valence electrons. The third kappa shape index (κ3) is 2.41. The highest BCUT2D eigenvalue weighted by Crippen LogP contribution is 2.21. The largest absolute Gasteiger partial charge is 0.357 e. The van der Waals surface area contributed by atoms with Gasteiger partial charge in [-0.2, -0.15) is 0 Å². The summed E-state index contributed by atoms with van der Waals surface area (Å²) in [4.78, 5) is 15.6. The highest BCUT2D eigenvalue weighted by molar-refractivity contribution is 5.79. The van der Waals surface area contributed by atoms with Gasteiger partial charge in [-0.05, 0) is 12.8 Å². The smallest absolute Gasteiger partial charge is 0.242 e. The molecule has 0 aliphatic heterocycles. The van der Waals surface area contributed by atoms with Crippen LogP contribution in [0.15, 0.2) is 12.5 Å². The van der Waals surface area contributed by atoms with Crippen LogP contribution in [0, 0.1) is 5.92 Å². The Bertz CT molecular complexity index is 359. The zero-order chi connectivity index (χ0) is 12.3. The van der Waals surface area contributed by atoms with Crippen molar-refractivity contribution in [3.63, 3.8) is 0 Å². The van der Waals surface area contributed by atoms with Gasteiger partial charge >= 0.3 is 0 Å². The lowest BCUT2D eigenvalue weighted by atomic mass is 10.0. The molecular formula is C11H20N4O. The van der Waals surface area contributed by atoms with Crippen LogP contribution in [-0.2, 0) is 4.79 Å². The summed E-state index contributed by atoms with van der Waals surface area (Å²) < 4.78 is 1.82. The van der Waals surface area contributed by atoms with E-state index >= 15 is 0 Å². The molecule has 0 saturated carbocycles. The number of hydrogen-bond acceptors (Lipinski definition) is 3. The van der Waals surface area contributed by atoms with Gasteiger partial charge in [0.05, 0.1) is 12.0 Å². The third-order valence-electron chi connectivity index (χ3n) is 2.80. The third-order valence-corrected chi connectivity index (χ3v) is 2.80. The molecule has 1 rings (SSSR count). The lowest BCUT2D eigenvalue weighted by Crippen LogP contribution is -2.30. The van der Waals surface area contributed by atoms with Crippen molar-refractivity contribution in [2.75, 3.05) is 7.05 Å². The van der Waals surface area contributed by atoms with Crippen molar-refractivity contribution >= 4 is 5.91 Å². The Labute approximate surface area is 96.0 Å². The summed E-state index contributed by atoms with van der Waals surface area (Å²) in [6.45, 7) is 5.93. The second-order valence-electron chi connectivity index (χ2n) is 4.29. The highest BCUT2D eigenvalue weighted by Gasteiger charge is 2.21. The fourth-order valence-corrected chi connectivity index (χ4v) is 1.57. The predicted octanol–water partition coefficient (Wildman–Crippen LogP) is 0.846. The normalized spacial score (nSPS) is 14.9. The number of imidazole rings is 1. The molecule has 16 heavy (non-hydrogen) atoms. The van der Waals surface area contributed by atoms with E-state index in [-0.39, 0.29) is 18.0 Å². The molecular weight excluding hydrogens is 204 g/mol. The number of hydrogen-bond donors (Lipinski definition) is 2. The second-order valence-corrected chi connectivity index (χ2v) is 4.29. The van der Waals surface area contributed by atoms with Gasteiger partial charge in [0.25, 0.3) is 0 Å². The number of rotatable bonds is 4. The van der Waals surface area contributed by atoms with Crippen molar-refractivity contribution in [3.05, 3.63) is 18.2 Å². The van der Waals surface area contributed by atoms with Crippen molar-refractivity contribution in [2.45, 2.75) is 32.9 Å². The van der Waals surface area contributed by atoms with E-state index in [2.05, 4.69) is 10.3 Å². The van der Waals surface area contributed by atoms with Crippen LogP contribution in [0.25, 0.3) is 0 Å². The van der Waals surface area contributed by atoms with E-state index in [0.717, 1.165) is 5.69 Å². The van der Waals surface area contributed by atoms with Crippen LogP contribution in [0.2, 0.25) is 0 Å². The first-order valence-corrected chi connectivity index (χ1v) is 5.48. The first kappa shape index (κ1) is 12.7. The molecule has 0 fully saturated rings. The molecule has 1 aromatic rings. The number of nitrogens with one attached hydrogen (secondary N) is 1. The molecule has 1 aromatic heterocycles. The number of amides is 1. The Morgan fingerprint density at radius 3 is 2.62 bits per heavy atom. The van der Waals surface area contributed by atoms with Gasteiger partial charge in [0.2, 0.25) is 5.91 Å². The number of carbonyl (C=O) groups is 1. The van der Waals surface area contributed by atoms with E-state index in [1.165, 1.54) is 0 Å². The first-order chi connectivity index (χ1) is 7.49. The number of aromatic nitrogens is 2. The summed E-state index contributed by atoms with van der Waals surface area (Å²) in [6.07, 6.45) is 3.38. The van der Waals surface area contributed by atoms with Crippen LogP contribution in [-0.4, -0.2) is 22.5 Å². The minimum Gasteiger partial charge on any atom is -0.357 e. The summed E-state index contributed by atoms with van der Waals surface area (Å²) in [5.41, 5.74) is 6.96. The standard InChI is InChI=1S/C11H20N4O/c1-7(2)10(12)9-5-14-6-15(9)8(3)11(16)13-4/h5-8,10H,12H2,1-4H3,(H,13,16). The Hall–Kier alpha value is -1.36. The van der Waals surface area contributed by atoms with Crippen molar-refractivity contribution in [2.24, 2.45) is 11.7 Å². The monoisotopic (exact) mass is 224 g/mol. The van der Waals surface area contributed by atoms with Crippen LogP contribution >= 0.6 is 0 Å². The predicted molar refractivity (Wildman–Crippen MR) is 62.8 cm³/mol. The Morgan fingerprint density at radius 1 is 1.50 bits per heavy atom. The molecule has 2 atom stereocenters. The fraction of sp³-hybridized carbons (Fsp3) is 0.636. The van der Waals surface area contributed by atoms with Crippen LogP contribution in [0.4, 0.5) is 0 Å². The molecule has 0 radical (unpaired) electrons. The molecule has 1 amide bonds. The summed E-state index contributed by atoms with van der Waals surface area (Å²) in [5.74, 6) is 0.266. The average Bonchev–Trinajstić information content (AvgIpc) is 2.74. The van der Waals surface area contributed by atoms with E-state index in [9.17, 15) is 4.79 Å². The minimum absolute atomic E-state index is 0.0461. The number of carbonyl (C=O) groups excluding carboxylic acids is 1. The van der Waals surface area contributed by atoms with Gasteiger partial charge in [-0.25, -0.2) is 4.98 Å². The van der Waals surface area contributed by atoms with Gasteiger partial charge in [-0.1, -0.05) is 13.8 Å². The second kappa shape index (κ2) is 5.12. The zero-order valence-corrected chi connectivity index (χ0v) is 10.3. The van der Waals surface area contributed by atoms with Gasteiger partial charge < -0.3 is 15.6 Å². The van der Waals surface area contributed by atoms with Crippen molar-refractivity contribution < 1.29 is 4.79 Å². The molecule has 0 bridgehead atoms. The summed E-state index contributed by atoms with van der Waals surface area (Å²) in [6, 6.07) is -0.387. The summed E-state index contributed by atoms with van der Waals surface area (Å²) in [5, 5.41) is 2.62. The Kier molecular flexibility index (Phi) is 4.06. The molecule has 0 saturated heterocycles. The van der Waals surface area contributed by atoms with Gasteiger partial charge in [0, 0.05) is 19.3 Å². The van der Waals surface area contributed by atoms with Gasteiger partial charge in [-0.3, -0.25) is 4.79 Å². The SMILES string of the molecule is CNC(=O)C(C)n1cncc1C(N)C(C)C. The highest BCUT2D eigenvalue weighted by atomic mass is 16.2. The summed E-state index contributed by atoms with van der Waals surface area (Å²) in [7, 11) is 1.62. The maximum atomic E-state index is 11.6. The van der Waals surface area contributed by atoms with Crippen molar-refractivity contribution in [3.8, 4) is 0 Å². The zero-order valence-electron chi connectivity index (χ0n) is 10.3. The molecule has 0 aromatic carbocycles. The van der Waals surface area contributed by atoms with E-state index in [4.69, 9.17) is 5.73 Å². The lowest BCUT2D eigenvalue weighted by molar-refractivity contribution is -0.123. The molecule has 0 aliphatic carbocycles. The Balaban J connectivity index is 2.98. The molecule has 3 N–H and O–H groups in total. The van der Waals surface area contributed by atoms with Crippen LogP contribution < -0.4 is 11.1 Å².